The molecule has 0 fully saturated rings. The summed E-state index contributed by atoms with van der Waals surface area (Å²) in [5.41, 5.74) is 3.23. The number of hydrogen-bond acceptors (Lipinski definition) is 2. The van der Waals surface area contributed by atoms with Crippen molar-refractivity contribution in [2.45, 2.75) is 13.8 Å². The quantitative estimate of drug-likeness (QED) is 0.650. The largest absolute Gasteiger partial charge is 0.287 e. The molecule has 0 atom stereocenters. The molecule has 0 aliphatic heterocycles. The van der Waals surface area contributed by atoms with E-state index < -0.39 is 0 Å². The van der Waals surface area contributed by atoms with E-state index >= 15 is 0 Å². The Morgan fingerprint density at radius 1 is 1.00 bits per heavy atom. The Hall–Kier alpha value is -2.48. The molecule has 0 spiro atoms. The van der Waals surface area contributed by atoms with Crippen molar-refractivity contribution in [3.05, 3.63) is 77.1 Å². The van der Waals surface area contributed by atoms with Crippen LogP contribution in [0.3, 0.4) is 0 Å². The van der Waals surface area contributed by atoms with E-state index in [0.29, 0.717) is 11.3 Å². The fourth-order valence-corrected chi connectivity index (χ4v) is 2.50. The monoisotopic (exact) mass is 261 g/mol. The molecule has 2 heteroatoms. The summed E-state index contributed by atoms with van der Waals surface area (Å²) in [6.45, 7) is 3.91. The minimum Gasteiger partial charge on any atom is -0.287 e. The molecule has 1 aromatic heterocycles. The first kappa shape index (κ1) is 12.5. The van der Waals surface area contributed by atoms with Crippen molar-refractivity contribution < 1.29 is 4.79 Å². The van der Waals surface area contributed by atoms with Crippen molar-refractivity contribution in [2.24, 2.45) is 0 Å². The standard InChI is InChI=1S/C18H15NO/c1-12-10-13(2)17(19-11-12)18(20)16-9-5-7-14-6-3-4-8-15(14)16/h3-11H,1-2H3. The molecule has 0 saturated carbocycles. The van der Waals surface area contributed by atoms with E-state index in [4.69, 9.17) is 0 Å². The third-order valence-corrected chi connectivity index (χ3v) is 3.46. The molecule has 0 N–H and O–H groups in total. The number of pyridine rings is 1. The van der Waals surface area contributed by atoms with Gasteiger partial charge < -0.3 is 0 Å². The SMILES string of the molecule is Cc1cnc(C(=O)c2cccc3ccccc23)c(C)c1. The predicted molar refractivity (Wildman–Crippen MR) is 81.1 cm³/mol. The maximum atomic E-state index is 12.7. The second-order valence-electron chi connectivity index (χ2n) is 5.03. The lowest BCUT2D eigenvalue weighted by Gasteiger charge is -2.08. The smallest absolute Gasteiger partial charge is 0.212 e. The Balaban J connectivity index is 2.18. The number of hydrogen-bond donors (Lipinski definition) is 0. The van der Waals surface area contributed by atoms with Gasteiger partial charge in [-0.3, -0.25) is 9.78 Å². The lowest BCUT2D eigenvalue weighted by atomic mass is 9.98. The van der Waals surface area contributed by atoms with Crippen molar-refractivity contribution in [3.8, 4) is 0 Å². The molecule has 1 heterocycles. The van der Waals surface area contributed by atoms with Crippen LogP contribution in [0.15, 0.2) is 54.7 Å². The van der Waals surface area contributed by atoms with Gasteiger partial charge in [0.15, 0.2) is 0 Å². The molecule has 0 aliphatic carbocycles. The van der Waals surface area contributed by atoms with Gasteiger partial charge in [0.1, 0.15) is 5.69 Å². The van der Waals surface area contributed by atoms with E-state index in [2.05, 4.69) is 4.98 Å². The molecular weight excluding hydrogens is 246 g/mol. The first-order valence-corrected chi connectivity index (χ1v) is 6.62. The molecule has 3 aromatic rings. The van der Waals surface area contributed by atoms with Gasteiger partial charge in [-0.15, -0.1) is 0 Å². The molecule has 0 saturated heterocycles. The highest BCUT2D eigenvalue weighted by atomic mass is 16.1. The molecule has 3 rings (SSSR count). The first-order valence-electron chi connectivity index (χ1n) is 6.62. The highest BCUT2D eigenvalue weighted by Crippen LogP contribution is 2.22. The summed E-state index contributed by atoms with van der Waals surface area (Å²) in [6, 6.07) is 15.7. The van der Waals surface area contributed by atoms with Crippen molar-refractivity contribution in [2.75, 3.05) is 0 Å². The van der Waals surface area contributed by atoms with Crippen molar-refractivity contribution >= 4 is 16.6 Å². The van der Waals surface area contributed by atoms with Crippen LogP contribution in [0.25, 0.3) is 10.8 Å². The maximum Gasteiger partial charge on any atom is 0.212 e. The second-order valence-corrected chi connectivity index (χ2v) is 5.03. The molecule has 2 nitrogen and oxygen atoms in total. The van der Waals surface area contributed by atoms with Gasteiger partial charge in [-0.25, -0.2) is 0 Å². The number of aryl methyl sites for hydroxylation is 2. The van der Waals surface area contributed by atoms with Gasteiger partial charge in [0.2, 0.25) is 5.78 Å². The van der Waals surface area contributed by atoms with Gasteiger partial charge in [0.05, 0.1) is 0 Å². The average molecular weight is 261 g/mol. The zero-order chi connectivity index (χ0) is 14.1. The van der Waals surface area contributed by atoms with E-state index in [9.17, 15) is 4.79 Å². The number of fused-ring (bicyclic) bond motifs is 1. The van der Waals surface area contributed by atoms with Crippen molar-refractivity contribution in [1.29, 1.82) is 0 Å². The average Bonchev–Trinajstić information content (AvgIpc) is 2.46. The molecule has 0 bridgehead atoms. The molecule has 20 heavy (non-hydrogen) atoms. The summed E-state index contributed by atoms with van der Waals surface area (Å²) >= 11 is 0. The number of carbonyl (C=O) groups excluding carboxylic acids is 1. The van der Waals surface area contributed by atoms with Gasteiger partial charge in [-0.05, 0) is 35.7 Å². The molecule has 0 aliphatic rings. The lowest BCUT2D eigenvalue weighted by molar-refractivity contribution is 0.103. The summed E-state index contributed by atoms with van der Waals surface area (Å²) in [6.07, 6.45) is 1.74. The Morgan fingerprint density at radius 2 is 1.75 bits per heavy atom. The summed E-state index contributed by atoms with van der Waals surface area (Å²) in [4.78, 5) is 17.0. The summed E-state index contributed by atoms with van der Waals surface area (Å²) in [5.74, 6) is -0.0145. The zero-order valence-corrected chi connectivity index (χ0v) is 11.6. The van der Waals surface area contributed by atoms with Crippen LogP contribution in [-0.4, -0.2) is 10.8 Å². The Bertz CT molecular complexity index is 800. The van der Waals surface area contributed by atoms with Crippen LogP contribution in [0.5, 0.6) is 0 Å². The third kappa shape index (κ3) is 2.10. The van der Waals surface area contributed by atoms with Crippen LogP contribution in [0.4, 0.5) is 0 Å². The van der Waals surface area contributed by atoms with Gasteiger partial charge in [-0.1, -0.05) is 48.5 Å². The van der Waals surface area contributed by atoms with Gasteiger partial charge in [0, 0.05) is 11.8 Å². The van der Waals surface area contributed by atoms with Crippen LogP contribution >= 0.6 is 0 Å². The number of carbonyl (C=O) groups is 1. The van der Waals surface area contributed by atoms with E-state index in [1.54, 1.807) is 6.20 Å². The summed E-state index contributed by atoms with van der Waals surface area (Å²) in [5, 5.41) is 2.05. The Labute approximate surface area is 118 Å². The third-order valence-electron chi connectivity index (χ3n) is 3.46. The summed E-state index contributed by atoms with van der Waals surface area (Å²) < 4.78 is 0. The van der Waals surface area contributed by atoms with Crippen molar-refractivity contribution in [1.82, 2.24) is 4.98 Å². The number of aromatic nitrogens is 1. The second kappa shape index (κ2) is 4.89. The van der Waals surface area contributed by atoms with Crippen LogP contribution in [0.1, 0.15) is 27.2 Å². The Kier molecular flexibility index (Phi) is 3.07. The Morgan fingerprint density at radius 3 is 2.55 bits per heavy atom. The number of ketones is 1. The van der Waals surface area contributed by atoms with Gasteiger partial charge in [-0.2, -0.15) is 0 Å². The predicted octanol–water partition coefficient (Wildman–Crippen LogP) is 4.08. The topological polar surface area (TPSA) is 30.0 Å². The number of nitrogens with zero attached hydrogens (tertiary/aromatic N) is 1. The zero-order valence-electron chi connectivity index (χ0n) is 11.6. The van der Waals surface area contributed by atoms with E-state index in [1.807, 2.05) is 62.4 Å². The van der Waals surface area contributed by atoms with Crippen LogP contribution in [0.2, 0.25) is 0 Å². The highest BCUT2D eigenvalue weighted by Gasteiger charge is 2.15. The molecule has 0 unspecified atom stereocenters. The number of benzene rings is 2. The minimum absolute atomic E-state index is 0.0145. The van der Waals surface area contributed by atoms with E-state index in [1.165, 1.54) is 0 Å². The molecule has 0 amide bonds. The molecule has 98 valence electrons. The van der Waals surface area contributed by atoms with E-state index in [0.717, 1.165) is 21.9 Å². The molecule has 2 aromatic carbocycles. The molecule has 0 radical (unpaired) electrons. The normalized spacial score (nSPS) is 10.7. The van der Waals surface area contributed by atoms with Crippen LogP contribution in [-0.2, 0) is 0 Å². The molecular formula is C18H15NO. The lowest BCUT2D eigenvalue weighted by Crippen LogP contribution is -2.07. The van der Waals surface area contributed by atoms with Crippen LogP contribution in [0, 0.1) is 13.8 Å². The first-order chi connectivity index (χ1) is 9.66. The fraction of sp³-hybridized carbons (Fsp3) is 0.111. The van der Waals surface area contributed by atoms with Crippen LogP contribution < -0.4 is 0 Å². The minimum atomic E-state index is -0.0145. The fourth-order valence-electron chi connectivity index (χ4n) is 2.50. The maximum absolute atomic E-state index is 12.7. The van der Waals surface area contributed by atoms with Gasteiger partial charge >= 0.3 is 0 Å². The highest BCUT2D eigenvalue weighted by molar-refractivity contribution is 6.16. The van der Waals surface area contributed by atoms with Gasteiger partial charge in [0.25, 0.3) is 0 Å². The van der Waals surface area contributed by atoms with E-state index in [-0.39, 0.29) is 5.78 Å². The summed E-state index contributed by atoms with van der Waals surface area (Å²) in [7, 11) is 0. The van der Waals surface area contributed by atoms with Crippen molar-refractivity contribution in [3.63, 3.8) is 0 Å². The number of rotatable bonds is 2.